The molecule has 0 radical (unpaired) electrons. The van der Waals surface area contributed by atoms with E-state index >= 15 is 0 Å². The number of rotatable bonds is 6. The topological polar surface area (TPSA) is 32.7 Å². The molecule has 1 saturated heterocycles. The van der Waals surface area contributed by atoms with Crippen LogP contribution in [0.25, 0.3) is 0 Å². The Morgan fingerprint density at radius 2 is 2.19 bits per heavy atom. The van der Waals surface area contributed by atoms with Crippen LogP contribution in [0.15, 0.2) is 0 Å². The van der Waals surface area contributed by atoms with Crippen LogP contribution in [0.3, 0.4) is 0 Å². The molecule has 0 saturated carbocycles. The first-order valence-electron chi connectivity index (χ1n) is 6.45. The van der Waals surface area contributed by atoms with Gasteiger partial charge in [-0.2, -0.15) is 0 Å². The van der Waals surface area contributed by atoms with Crippen molar-refractivity contribution in [3.05, 3.63) is 0 Å². The van der Waals surface area contributed by atoms with Crippen molar-refractivity contribution in [1.29, 1.82) is 0 Å². The maximum atomic E-state index is 9.56. The van der Waals surface area contributed by atoms with Crippen molar-refractivity contribution in [3.63, 3.8) is 0 Å². The highest BCUT2D eigenvalue weighted by molar-refractivity contribution is 4.84. The fourth-order valence-corrected chi connectivity index (χ4v) is 2.34. The van der Waals surface area contributed by atoms with Crippen LogP contribution in [0.1, 0.15) is 33.1 Å². The van der Waals surface area contributed by atoms with E-state index in [1.807, 2.05) is 0 Å². The molecule has 0 spiro atoms. The summed E-state index contributed by atoms with van der Waals surface area (Å²) in [5.41, 5.74) is -0.00994. The largest absolute Gasteiger partial charge is 0.396 e. The minimum Gasteiger partial charge on any atom is -0.396 e. The van der Waals surface area contributed by atoms with Gasteiger partial charge < -0.3 is 14.7 Å². The van der Waals surface area contributed by atoms with E-state index in [2.05, 4.69) is 25.8 Å². The fraction of sp³-hybridized carbons (Fsp3) is 1.00. The lowest BCUT2D eigenvalue weighted by Gasteiger charge is -2.38. The Labute approximate surface area is 99.8 Å². The zero-order valence-electron chi connectivity index (χ0n) is 11.0. The molecular weight excluding hydrogens is 202 g/mol. The van der Waals surface area contributed by atoms with Crippen molar-refractivity contribution in [2.75, 3.05) is 40.0 Å². The van der Waals surface area contributed by atoms with E-state index in [0.717, 1.165) is 45.1 Å². The van der Waals surface area contributed by atoms with Gasteiger partial charge in [0.05, 0.1) is 13.2 Å². The molecule has 1 aliphatic heterocycles. The monoisotopic (exact) mass is 229 g/mol. The van der Waals surface area contributed by atoms with Crippen LogP contribution in [0, 0.1) is 11.3 Å². The quantitative estimate of drug-likeness (QED) is 0.753. The van der Waals surface area contributed by atoms with Gasteiger partial charge in [0.15, 0.2) is 0 Å². The summed E-state index contributed by atoms with van der Waals surface area (Å²) in [4.78, 5) is 2.34. The van der Waals surface area contributed by atoms with E-state index in [9.17, 15) is 5.11 Å². The number of nitrogens with zero attached hydrogens (tertiary/aromatic N) is 1. The van der Waals surface area contributed by atoms with Crippen LogP contribution in [-0.2, 0) is 4.74 Å². The van der Waals surface area contributed by atoms with E-state index in [1.165, 1.54) is 6.42 Å². The zero-order chi connectivity index (χ0) is 12.0. The molecule has 1 fully saturated rings. The summed E-state index contributed by atoms with van der Waals surface area (Å²) in [5.74, 6) is 0.745. The van der Waals surface area contributed by atoms with Gasteiger partial charge in [-0.15, -0.1) is 0 Å². The standard InChI is InChI=1S/C13H27NO2/c1-12(2)5-7-14(3)9-13(10-15)6-4-8-16-11-13/h12,15H,4-11H2,1-3H3. The van der Waals surface area contributed by atoms with Gasteiger partial charge in [-0.1, -0.05) is 13.8 Å². The Morgan fingerprint density at radius 3 is 2.69 bits per heavy atom. The average molecular weight is 229 g/mol. The molecule has 0 aromatic carbocycles. The smallest absolute Gasteiger partial charge is 0.0556 e. The third-order valence-corrected chi connectivity index (χ3v) is 3.43. The molecule has 1 N–H and O–H groups in total. The van der Waals surface area contributed by atoms with E-state index in [1.54, 1.807) is 0 Å². The summed E-state index contributed by atoms with van der Waals surface area (Å²) in [7, 11) is 2.15. The summed E-state index contributed by atoms with van der Waals surface area (Å²) in [5, 5.41) is 9.56. The predicted molar refractivity (Wildman–Crippen MR) is 66.5 cm³/mol. The Morgan fingerprint density at radius 1 is 1.44 bits per heavy atom. The molecule has 1 aliphatic rings. The lowest BCUT2D eigenvalue weighted by Crippen LogP contribution is -2.44. The molecule has 0 aromatic rings. The minimum absolute atomic E-state index is 0.00994. The number of aliphatic hydroxyl groups excluding tert-OH is 1. The predicted octanol–water partition coefficient (Wildman–Crippen LogP) is 1.75. The SMILES string of the molecule is CC(C)CCN(C)CC1(CO)CCCOC1. The maximum absolute atomic E-state index is 9.56. The third-order valence-electron chi connectivity index (χ3n) is 3.43. The Balaban J connectivity index is 2.36. The van der Waals surface area contributed by atoms with Crippen LogP contribution in [0.5, 0.6) is 0 Å². The maximum Gasteiger partial charge on any atom is 0.0556 e. The van der Waals surface area contributed by atoms with Crippen molar-refractivity contribution in [2.24, 2.45) is 11.3 Å². The third kappa shape index (κ3) is 4.40. The van der Waals surface area contributed by atoms with E-state index in [4.69, 9.17) is 4.74 Å². The van der Waals surface area contributed by atoms with Crippen molar-refractivity contribution in [1.82, 2.24) is 4.90 Å². The lowest BCUT2D eigenvalue weighted by molar-refractivity contribution is -0.0525. The van der Waals surface area contributed by atoms with Gasteiger partial charge in [0.1, 0.15) is 0 Å². The summed E-state index contributed by atoms with van der Waals surface area (Å²) in [6.45, 7) is 8.39. The van der Waals surface area contributed by atoms with Gasteiger partial charge in [0.2, 0.25) is 0 Å². The summed E-state index contributed by atoms with van der Waals surface area (Å²) >= 11 is 0. The molecule has 1 rings (SSSR count). The molecule has 0 aromatic heterocycles. The summed E-state index contributed by atoms with van der Waals surface area (Å²) in [6.07, 6.45) is 3.40. The zero-order valence-corrected chi connectivity index (χ0v) is 11.0. The molecule has 16 heavy (non-hydrogen) atoms. The van der Waals surface area contributed by atoms with Crippen LogP contribution in [-0.4, -0.2) is 50.0 Å². The van der Waals surface area contributed by atoms with E-state index in [0.29, 0.717) is 0 Å². The van der Waals surface area contributed by atoms with Gasteiger partial charge >= 0.3 is 0 Å². The van der Waals surface area contributed by atoms with Crippen molar-refractivity contribution >= 4 is 0 Å². The Kier molecular flexibility index (Phi) is 5.73. The molecule has 0 aliphatic carbocycles. The Hall–Kier alpha value is -0.120. The highest BCUT2D eigenvalue weighted by atomic mass is 16.5. The van der Waals surface area contributed by atoms with Crippen LogP contribution in [0.2, 0.25) is 0 Å². The molecule has 1 unspecified atom stereocenters. The first-order chi connectivity index (χ1) is 7.58. The molecule has 96 valence electrons. The van der Waals surface area contributed by atoms with E-state index in [-0.39, 0.29) is 12.0 Å². The lowest BCUT2D eigenvalue weighted by atomic mass is 9.83. The molecule has 0 bridgehead atoms. The number of ether oxygens (including phenoxy) is 1. The van der Waals surface area contributed by atoms with Gasteiger partial charge in [0, 0.05) is 18.6 Å². The number of aliphatic hydroxyl groups is 1. The van der Waals surface area contributed by atoms with Gasteiger partial charge in [-0.3, -0.25) is 0 Å². The van der Waals surface area contributed by atoms with Crippen LogP contribution >= 0.6 is 0 Å². The molecule has 1 atom stereocenters. The summed E-state index contributed by atoms with van der Waals surface area (Å²) < 4.78 is 5.52. The van der Waals surface area contributed by atoms with Crippen molar-refractivity contribution in [3.8, 4) is 0 Å². The van der Waals surface area contributed by atoms with Gasteiger partial charge in [-0.25, -0.2) is 0 Å². The second-order valence-corrected chi connectivity index (χ2v) is 5.73. The van der Waals surface area contributed by atoms with Crippen molar-refractivity contribution in [2.45, 2.75) is 33.1 Å². The number of hydrogen-bond acceptors (Lipinski definition) is 3. The second-order valence-electron chi connectivity index (χ2n) is 5.73. The van der Waals surface area contributed by atoms with Crippen molar-refractivity contribution < 1.29 is 9.84 Å². The fourth-order valence-electron chi connectivity index (χ4n) is 2.34. The minimum atomic E-state index is -0.00994. The van der Waals surface area contributed by atoms with Gasteiger partial charge in [-0.05, 0) is 38.8 Å². The Bertz CT molecular complexity index is 188. The highest BCUT2D eigenvalue weighted by Crippen LogP contribution is 2.28. The first-order valence-corrected chi connectivity index (χ1v) is 6.45. The molecular formula is C13H27NO2. The second kappa shape index (κ2) is 6.58. The van der Waals surface area contributed by atoms with Crippen LogP contribution in [0.4, 0.5) is 0 Å². The van der Waals surface area contributed by atoms with Gasteiger partial charge in [0.25, 0.3) is 0 Å². The van der Waals surface area contributed by atoms with E-state index < -0.39 is 0 Å². The highest BCUT2D eigenvalue weighted by Gasteiger charge is 2.33. The molecule has 1 heterocycles. The first kappa shape index (κ1) is 13.9. The average Bonchev–Trinajstić information content (AvgIpc) is 2.28. The summed E-state index contributed by atoms with van der Waals surface area (Å²) in [6, 6.07) is 0. The normalized spacial score (nSPS) is 26.6. The van der Waals surface area contributed by atoms with Crippen LogP contribution < -0.4 is 0 Å². The number of hydrogen-bond donors (Lipinski definition) is 1. The molecule has 3 nitrogen and oxygen atoms in total. The molecule has 3 heteroatoms. The molecule has 0 amide bonds.